The normalized spacial score (nSPS) is 18.9. The molecular formula is C30H40N4O6S2. The Hall–Kier alpha value is -2.80. The third kappa shape index (κ3) is 6.41. The second kappa shape index (κ2) is 13.2. The maximum Gasteiger partial charge on any atom is 0.308 e. The van der Waals surface area contributed by atoms with Crippen molar-refractivity contribution < 1.29 is 27.5 Å². The SMILES string of the molecule is CCCN1CCc2c(sc(NC(=O)c3ccc(S(=O)(=O)N4CCC(C(=O)OC)CC4)cc3)c2C(=O)N2CCCCC2)C1. The van der Waals surface area contributed by atoms with E-state index >= 15 is 0 Å². The van der Waals surface area contributed by atoms with Crippen molar-refractivity contribution in [1.29, 1.82) is 0 Å². The first-order valence-corrected chi connectivity index (χ1v) is 17.1. The first-order chi connectivity index (χ1) is 20.2. The first kappa shape index (κ1) is 30.7. The lowest BCUT2D eigenvalue weighted by Gasteiger charge is -2.29. The van der Waals surface area contributed by atoms with E-state index in [1.807, 2.05) is 4.90 Å². The summed E-state index contributed by atoms with van der Waals surface area (Å²) >= 11 is 1.48. The van der Waals surface area contributed by atoms with Crippen molar-refractivity contribution in [2.24, 2.45) is 5.92 Å². The van der Waals surface area contributed by atoms with E-state index in [1.165, 1.54) is 47.0 Å². The number of likely N-dealkylation sites (tertiary alicyclic amines) is 1. The van der Waals surface area contributed by atoms with Crippen molar-refractivity contribution in [2.45, 2.75) is 63.3 Å². The van der Waals surface area contributed by atoms with Gasteiger partial charge in [-0.2, -0.15) is 4.31 Å². The number of amides is 2. The molecule has 3 aliphatic rings. The van der Waals surface area contributed by atoms with Gasteiger partial charge in [-0.15, -0.1) is 11.3 Å². The average molecular weight is 617 g/mol. The fourth-order valence-electron chi connectivity index (χ4n) is 6.13. The number of rotatable bonds is 8. The van der Waals surface area contributed by atoms with E-state index < -0.39 is 10.0 Å². The predicted molar refractivity (Wildman–Crippen MR) is 161 cm³/mol. The Balaban J connectivity index is 1.33. The van der Waals surface area contributed by atoms with Crippen LogP contribution in [0.25, 0.3) is 0 Å². The Kier molecular flexibility index (Phi) is 9.66. The summed E-state index contributed by atoms with van der Waals surface area (Å²) in [6.07, 6.45) is 5.75. The lowest BCUT2D eigenvalue weighted by molar-refractivity contribution is -0.146. The van der Waals surface area contributed by atoms with Crippen molar-refractivity contribution in [1.82, 2.24) is 14.1 Å². The second-order valence-corrected chi connectivity index (χ2v) is 14.3. The summed E-state index contributed by atoms with van der Waals surface area (Å²) in [5, 5.41) is 3.58. The molecule has 0 saturated carbocycles. The van der Waals surface area contributed by atoms with Crippen LogP contribution in [-0.2, 0) is 32.5 Å². The number of piperidine rings is 2. The van der Waals surface area contributed by atoms with Crippen molar-refractivity contribution in [3.63, 3.8) is 0 Å². The molecule has 1 N–H and O–H groups in total. The number of carbonyl (C=O) groups excluding carboxylic acids is 3. The van der Waals surface area contributed by atoms with Crippen LogP contribution < -0.4 is 5.32 Å². The van der Waals surface area contributed by atoms with E-state index in [4.69, 9.17) is 4.74 Å². The van der Waals surface area contributed by atoms with Crippen LogP contribution in [0.3, 0.4) is 0 Å². The number of nitrogens with zero attached hydrogens (tertiary/aromatic N) is 3. The molecule has 2 saturated heterocycles. The predicted octanol–water partition coefficient (Wildman–Crippen LogP) is 3.97. The zero-order valence-corrected chi connectivity index (χ0v) is 26.0. The quantitative estimate of drug-likeness (QED) is 0.446. The van der Waals surface area contributed by atoms with Crippen LogP contribution in [0.15, 0.2) is 29.2 Å². The van der Waals surface area contributed by atoms with Gasteiger partial charge >= 0.3 is 5.97 Å². The lowest BCUT2D eigenvalue weighted by Crippen LogP contribution is -2.40. The van der Waals surface area contributed by atoms with Crippen LogP contribution in [0, 0.1) is 5.92 Å². The number of benzene rings is 1. The van der Waals surface area contributed by atoms with Crippen molar-refractivity contribution >= 4 is 44.1 Å². The molecule has 2 aromatic rings. The van der Waals surface area contributed by atoms with Gasteiger partial charge in [0.05, 0.1) is 23.5 Å². The van der Waals surface area contributed by atoms with E-state index in [0.717, 1.165) is 75.3 Å². The molecule has 0 aliphatic carbocycles. The van der Waals surface area contributed by atoms with E-state index in [2.05, 4.69) is 17.1 Å². The zero-order chi connectivity index (χ0) is 29.9. The summed E-state index contributed by atoms with van der Waals surface area (Å²) in [6.45, 7) is 6.74. The molecule has 228 valence electrons. The molecule has 2 amide bonds. The minimum Gasteiger partial charge on any atom is -0.469 e. The molecule has 5 rings (SSSR count). The lowest BCUT2D eigenvalue weighted by atomic mass is 9.99. The molecule has 12 heteroatoms. The molecule has 42 heavy (non-hydrogen) atoms. The van der Waals surface area contributed by atoms with E-state index in [9.17, 15) is 22.8 Å². The maximum atomic E-state index is 13.7. The summed E-state index contributed by atoms with van der Waals surface area (Å²) < 4.78 is 32.6. The highest BCUT2D eigenvalue weighted by Crippen LogP contribution is 2.38. The number of methoxy groups -OCH3 is 1. The number of sulfonamides is 1. The third-order valence-electron chi connectivity index (χ3n) is 8.50. The molecule has 4 heterocycles. The summed E-state index contributed by atoms with van der Waals surface area (Å²) in [6, 6.07) is 5.90. The van der Waals surface area contributed by atoms with Crippen molar-refractivity contribution in [2.75, 3.05) is 51.7 Å². The third-order valence-corrected chi connectivity index (χ3v) is 11.5. The zero-order valence-electron chi connectivity index (χ0n) is 24.4. The summed E-state index contributed by atoms with van der Waals surface area (Å²) in [5.74, 6) is -0.997. The smallest absolute Gasteiger partial charge is 0.308 e. The fraction of sp³-hybridized carbons (Fsp3) is 0.567. The van der Waals surface area contributed by atoms with Crippen LogP contribution in [0.1, 0.15) is 76.6 Å². The van der Waals surface area contributed by atoms with E-state index in [1.54, 1.807) is 0 Å². The van der Waals surface area contributed by atoms with Gasteiger partial charge in [-0.1, -0.05) is 6.92 Å². The number of ether oxygens (including phenoxy) is 1. The van der Waals surface area contributed by atoms with Gasteiger partial charge in [0.2, 0.25) is 10.0 Å². The van der Waals surface area contributed by atoms with Crippen LogP contribution in [0.5, 0.6) is 0 Å². The highest BCUT2D eigenvalue weighted by Gasteiger charge is 2.34. The van der Waals surface area contributed by atoms with E-state index in [0.29, 0.717) is 29.0 Å². The number of nitrogens with one attached hydrogen (secondary N) is 1. The molecule has 1 aromatic carbocycles. The van der Waals surface area contributed by atoms with Crippen molar-refractivity contribution in [3.05, 3.63) is 45.8 Å². The molecule has 3 aliphatic heterocycles. The highest BCUT2D eigenvalue weighted by molar-refractivity contribution is 7.89. The monoisotopic (exact) mass is 616 g/mol. The van der Waals surface area contributed by atoms with Gasteiger partial charge in [-0.05, 0) is 81.3 Å². The number of fused-ring (bicyclic) bond motifs is 1. The Bertz CT molecular complexity index is 1410. The van der Waals surface area contributed by atoms with Gasteiger partial charge in [-0.3, -0.25) is 19.3 Å². The number of hydrogen-bond donors (Lipinski definition) is 1. The number of carbonyl (C=O) groups is 3. The van der Waals surface area contributed by atoms with Gasteiger partial charge in [0.25, 0.3) is 11.8 Å². The summed E-state index contributed by atoms with van der Waals surface area (Å²) in [5.41, 5.74) is 1.99. The number of hydrogen-bond acceptors (Lipinski definition) is 8. The first-order valence-electron chi connectivity index (χ1n) is 14.9. The molecular weight excluding hydrogens is 576 g/mol. The topological polar surface area (TPSA) is 116 Å². The van der Waals surface area contributed by atoms with Crippen LogP contribution in [-0.4, -0.2) is 86.7 Å². The molecule has 10 nitrogen and oxygen atoms in total. The molecule has 1 aromatic heterocycles. The molecule has 0 radical (unpaired) electrons. The van der Waals surface area contributed by atoms with Crippen LogP contribution in [0.4, 0.5) is 5.00 Å². The minimum absolute atomic E-state index is 0.0103. The Morgan fingerprint density at radius 3 is 2.33 bits per heavy atom. The largest absolute Gasteiger partial charge is 0.469 e. The van der Waals surface area contributed by atoms with Gasteiger partial charge in [-0.25, -0.2) is 8.42 Å². The van der Waals surface area contributed by atoms with Crippen molar-refractivity contribution in [3.8, 4) is 0 Å². The number of esters is 1. The minimum atomic E-state index is -3.77. The average Bonchev–Trinajstić information content (AvgIpc) is 3.37. The van der Waals surface area contributed by atoms with E-state index in [-0.39, 0.29) is 41.7 Å². The Labute approximate surface area is 252 Å². The molecule has 0 bridgehead atoms. The molecule has 0 unspecified atom stereocenters. The van der Waals surface area contributed by atoms with Crippen LogP contribution >= 0.6 is 11.3 Å². The molecule has 2 fully saturated rings. The summed E-state index contributed by atoms with van der Waals surface area (Å²) in [7, 11) is -2.43. The Morgan fingerprint density at radius 2 is 1.69 bits per heavy atom. The van der Waals surface area contributed by atoms with Gasteiger partial charge in [0, 0.05) is 49.7 Å². The van der Waals surface area contributed by atoms with Crippen LogP contribution in [0.2, 0.25) is 0 Å². The number of anilines is 1. The standard InChI is InChI=1S/C30H40N4O6S2/c1-3-14-32-17-13-24-25(20-32)41-28(26(24)29(36)33-15-5-4-6-16-33)31-27(35)21-7-9-23(10-8-21)42(38,39)34-18-11-22(12-19-34)30(37)40-2/h7-10,22H,3-6,11-20H2,1-2H3,(H,31,35). The second-order valence-electron chi connectivity index (χ2n) is 11.3. The van der Waals surface area contributed by atoms with Gasteiger partial charge in [0.15, 0.2) is 0 Å². The highest BCUT2D eigenvalue weighted by atomic mass is 32.2. The van der Waals surface area contributed by atoms with Gasteiger partial charge in [0.1, 0.15) is 5.00 Å². The van der Waals surface area contributed by atoms with Gasteiger partial charge < -0.3 is 15.0 Å². The maximum absolute atomic E-state index is 13.7. The molecule has 0 spiro atoms. The number of thiophene rings is 1. The Morgan fingerprint density at radius 1 is 1.00 bits per heavy atom. The fourth-order valence-corrected chi connectivity index (χ4v) is 8.88. The summed E-state index contributed by atoms with van der Waals surface area (Å²) in [4.78, 5) is 44.5. The molecule has 0 atom stereocenters.